The first-order valence-electron chi connectivity index (χ1n) is 5.44. The molecule has 0 saturated carbocycles. The standard InChI is InChI=1S/C11H20N4/c1-5-15(6-2)8-11-13-9(3)7-10(12-4)14-11/h7H,5-6,8H2,1-4H3,(H,12,13,14). The van der Waals surface area contributed by atoms with Crippen molar-refractivity contribution in [3.63, 3.8) is 0 Å². The van der Waals surface area contributed by atoms with Crippen LogP contribution in [0.15, 0.2) is 6.07 Å². The maximum atomic E-state index is 4.42. The van der Waals surface area contributed by atoms with Crippen LogP contribution in [0.2, 0.25) is 0 Å². The van der Waals surface area contributed by atoms with Crippen molar-refractivity contribution in [2.24, 2.45) is 0 Å². The van der Waals surface area contributed by atoms with E-state index in [1.165, 1.54) is 0 Å². The molecule has 1 heterocycles. The fourth-order valence-corrected chi connectivity index (χ4v) is 1.48. The number of rotatable bonds is 5. The zero-order chi connectivity index (χ0) is 11.3. The highest BCUT2D eigenvalue weighted by Crippen LogP contribution is 2.07. The molecule has 0 radical (unpaired) electrons. The van der Waals surface area contributed by atoms with Gasteiger partial charge in [0.05, 0.1) is 6.54 Å². The summed E-state index contributed by atoms with van der Waals surface area (Å²) in [5, 5.41) is 3.05. The van der Waals surface area contributed by atoms with E-state index in [0.29, 0.717) is 0 Å². The molecule has 0 bridgehead atoms. The second-order valence-electron chi connectivity index (χ2n) is 3.52. The van der Waals surface area contributed by atoms with Crippen molar-refractivity contribution >= 4 is 5.82 Å². The molecule has 0 atom stereocenters. The predicted molar refractivity (Wildman–Crippen MR) is 62.9 cm³/mol. The topological polar surface area (TPSA) is 41.1 Å². The molecular weight excluding hydrogens is 188 g/mol. The smallest absolute Gasteiger partial charge is 0.144 e. The van der Waals surface area contributed by atoms with E-state index in [1.807, 2.05) is 20.0 Å². The molecule has 0 unspecified atom stereocenters. The zero-order valence-electron chi connectivity index (χ0n) is 10.0. The van der Waals surface area contributed by atoms with E-state index in [9.17, 15) is 0 Å². The largest absolute Gasteiger partial charge is 0.373 e. The third kappa shape index (κ3) is 3.47. The van der Waals surface area contributed by atoms with Gasteiger partial charge in [0.1, 0.15) is 11.6 Å². The second-order valence-corrected chi connectivity index (χ2v) is 3.52. The van der Waals surface area contributed by atoms with Crippen LogP contribution < -0.4 is 5.32 Å². The average molecular weight is 208 g/mol. The first kappa shape index (κ1) is 11.9. The summed E-state index contributed by atoms with van der Waals surface area (Å²) in [5.41, 5.74) is 1.01. The lowest BCUT2D eigenvalue weighted by molar-refractivity contribution is 0.288. The van der Waals surface area contributed by atoms with Crippen molar-refractivity contribution in [3.05, 3.63) is 17.6 Å². The number of aryl methyl sites for hydroxylation is 1. The van der Waals surface area contributed by atoms with Gasteiger partial charge in [-0.2, -0.15) is 0 Å². The predicted octanol–water partition coefficient (Wildman–Crippen LogP) is 1.67. The van der Waals surface area contributed by atoms with Gasteiger partial charge in [0.2, 0.25) is 0 Å². The molecule has 1 rings (SSSR count). The Morgan fingerprint density at radius 3 is 2.47 bits per heavy atom. The fraction of sp³-hybridized carbons (Fsp3) is 0.636. The van der Waals surface area contributed by atoms with Crippen molar-refractivity contribution in [2.45, 2.75) is 27.3 Å². The number of nitrogens with one attached hydrogen (secondary N) is 1. The van der Waals surface area contributed by atoms with Crippen LogP contribution in [0, 0.1) is 6.92 Å². The van der Waals surface area contributed by atoms with E-state index >= 15 is 0 Å². The third-order valence-corrected chi connectivity index (χ3v) is 2.42. The summed E-state index contributed by atoms with van der Waals surface area (Å²) in [7, 11) is 1.88. The Morgan fingerprint density at radius 1 is 1.27 bits per heavy atom. The van der Waals surface area contributed by atoms with Gasteiger partial charge >= 0.3 is 0 Å². The Morgan fingerprint density at radius 2 is 1.93 bits per heavy atom. The minimum Gasteiger partial charge on any atom is -0.373 e. The van der Waals surface area contributed by atoms with Gasteiger partial charge < -0.3 is 5.32 Å². The second kappa shape index (κ2) is 5.66. The number of hydrogen-bond acceptors (Lipinski definition) is 4. The monoisotopic (exact) mass is 208 g/mol. The normalized spacial score (nSPS) is 10.7. The molecule has 15 heavy (non-hydrogen) atoms. The van der Waals surface area contributed by atoms with Crippen LogP contribution in [0.4, 0.5) is 5.82 Å². The number of hydrogen-bond donors (Lipinski definition) is 1. The molecule has 4 heteroatoms. The summed E-state index contributed by atoms with van der Waals surface area (Å²) >= 11 is 0. The molecular formula is C11H20N4. The minimum atomic E-state index is 0.823. The van der Waals surface area contributed by atoms with Gasteiger partial charge in [-0.1, -0.05) is 13.8 Å². The summed E-state index contributed by atoms with van der Waals surface area (Å²) in [4.78, 5) is 11.1. The van der Waals surface area contributed by atoms with Gasteiger partial charge in [0, 0.05) is 18.8 Å². The van der Waals surface area contributed by atoms with Crippen LogP contribution in [-0.4, -0.2) is 35.0 Å². The molecule has 0 amide bonds. The molecule has 0 aromatic carbocycles. The van der Waals surface area contributed by atoms with E-state index in [4.69, 9.17) is 0 Å². The van der Waals surface area contributed by atoms with Crippen LogP contribution in [0.5, 0.6) is 0 Å². The summed E-state index contributed by atoms with van der Waals surface area (Å²) in [6.45, 7) is 9.18. The fourth-order valence-electron chi connectivity index (χ4n) is 1.48. The Balaban J connectivity index is 2.79. The molecule has 1 aromatic heterocycles. The first-order chi connectivity index (χ1) is 7.19. The van der Waals surface area contributed by atoms with Crippen molar-refractivity contribution in [3.8, 4) is 0 Å². The number of nitrogens with zero attached hydrogens (tertiary/aromatic N) is 3. The molecule has 4 nitrogen and oxygen atoms in total. The molecule has 0 aliphatic rings. The van der Waals surface area contributed by atoms with Gasteiger partial charge in [-0.25, -0.2) is 9.97 Å². The van der Waals surface area contributed by atoms with Crippen LogP contribution in [-0.2, 0) is 6.54 Å². The Bertz CT molecular complexity index is 307. The summed E-state index contributed by atoms with van der Waals surface area (Å²) in [6.07, 6.45) is 0. The SMILES string of the molecule is CCN(CC)Cc1nc(C)cc(NC)n1. The quantitative estimate of drug-likeness (QED) is 0.799. The first-order valence-corrected chi connectivity index (χ1v) is 5.44. The molecule has 84 valence electrons. The van der Waals surface area contributed by atoms with E-state index in [1.54, 1.807) is 0 Å². The lowest BCUT2D eigenvalue weighted by Gasteiger charge is -2.17. The van der Waals surface area contributed by atoms with Crippen molar-refractivity contribution in [1.29, 1.82) is 0 Å². The van der Waals surface area contributed by atoms with E-state index in [2.05, 4.69) is 34.0 Å². The minimum absolute atomic E-state index is 0.823. The van der Waals surface area contributed by atoms with E-state index in [0.717, 1.165) is 37.0 Å². The van der Waals surface area contributed by atoms with Crippen molar-refractivity contribution < 1.29 is 0 Å². The molecule has 0 aliphatic carbocycles. The van der Waals surface area contributed by atoms with E-state index in [-0.39, 0.29) is 0 Å². The highest BCUT2D eigenvalue weighted by Gasteiger charge is 2.05. The summed E-state index contributed by atoms with van der Waals surface area (Å²) in [5.74, 6) is 1.78. The maximum Gasteiger partial charge on any atom is 0.144 e. The van der Waals surface area contributed by atoms with Crippen LogP contribution in [0.3, 0.4) is 0 Å². The van der Waals surface area contributed by atoms with Gasteiger partial charge in [-0.05, 0) is 20.0 Å². The van der Waals surface area contributed by atoms with Crippen LogP contribution in [0.1, 0.15) is 25.4 Å². The number of aromatic nitrogens is 2. The Kier molecular flexibility index (Phi) is 4.49. The maximum absolute atomic E-state index is 4.42. The number of anilines is 1. The van der Waals surface area contributed by atoms with Gasteiger partial charge in [-0.15, -0.1) is 0 Å². The molecule has 1 N–H and O–H groups in total. The van der Waals surface area contributed by atoms with Gasteiger partial charge in [0.15, 0.2) is 0 Å². The summed E-state index contributed by atoms with van der Waals surface area (Å²) in [6, 6.07) is 1.95. The Hall–Kier alpha value is -1.16. The molecule has 0 aliphatic heterocycles. The zero-order valence-corrected chi connectivity index (χ0v) is 10.0. The van der Waals surface area contributed by atoms with Gasteiger partial charge in [0.25, 0.3) is 0 Å². The van der Waals surface area contributed by atoms with Crippen molar-refractivity contribution in [1.82, 2.24) is 14.9 Å². The van der Waals surface area contributed by atoms with Crippen LogP contribution in [0.25, 0.3) is 0 Å². The third-order valence-electron chi connectivity index (χ3n) is 2.42. The molecule has 0 saturated heterocycles. The summed E-state index contributed by atoms with van der Waals surface area (Å²) < 4.78 is 0. The molecule has 0 spiro atoms. The lowest BCUT2D eigenvalue weighted by atomic mass is 10.4. The molecule has 0 fully saturated rings. The van der Waals surface area contributed by atoms with Gasteiger partial charge in [-0.3, -0.25) is 4.90 Å². The average Bonchev–Trinajstić information content (AvgIpc) is 2.25. The molecule has 1 aromatic rings. The Labute approximate surface area is 91.7 Å². The van der Waals surface area contributed by atoms with E-state index < -0.39 is 0 Å². The van der Waals surface area contributed by atoms with Crippen LogP contribution >= 0.6 is 0 Å². The highest BCUT2D eigenvalue weighted by molar-refractivity contribution is 5.34. The highest BCUT2D eigenvalue weighted by atomic mass is 15.1. The van der Waals surface area contributed by atoms with Crippen molar-refractivity contribution in [2.75, 3.05) is 25.5 Å². The lowest BCUT2D eigenvalue weighted by Crippen LogP contribution is -2.23.